The standard InChI is InChI=1S/C15H21Cl2N3O.HI/c1-3-6-20(2)7-4-19(5-8-20)15(21)18-14-10-12(16)9-13(17)11-14;/h9-11H,3-8H2,1-2H3;1H. The van der Waals surface area contributed by atoms with Crippen LogP contribution in [0.5, 0.6) is 0 Å². The van der Waals surface area contributed by atoms with Crippen LogP contribution in [0.4, 0.5) is 10.5 Å². The second-order valence-electron chi connectivity index (χ2n) is 5.87. The molecule has 124 valence electrons. The molecular weight excluding hydrogens is 436 g/mol. The number of hydrogen-bond acceptors (Lipinski definition) is 1. The predicted octanol–water partition coefficient (Wildman–Crippen LogP) is 0.702. The monoisotopic (exact) mass is 457 g/mol. The average Bonchev–Trinajstić information content (AvgIpc) is 2.38. The van der Waals surface area contributed by atoms with Gasteiger partial charge >= 0.3 is 6.03 Å². The number of nitrogens with zero attached hydrogens (tertiary/aromatic N) is 2. The minimum atomic E-state index is -0.0870. The van der Waals surface area contributed by atoms with Gasteiger partial charge in [-0.3, -0.25) is 0 Å². The van der Waals surface area contributed by atoms with Crippen molar-refractivity contribution in [2.45, 2.75) is 13.3 Å². The van der Waals surface area contributed by atoms with E-state index in [1.165, 1.54) is 13.0 Å². The number of benzene rings is 1. The van der Waals surface area contributed by atoms with E-state index < -0.39 is 0 Å². The summed E-state index contributed by atoms with van der Waals surface area (Å²) in [5.74, 6) is 0. The number of carbonyl (C=O) groups is 1. The second kappa shape index (κ2) is 8.57. The Hall–Kier alpha value is -0.240. The van der Waals surface area contributed by atoms with Crippen molar-refractivity contribution in [3.63, 3.8) is 0 Å². The van der Waals surface area contributed by atoms with Gasteiger partial charge in [0.2, 0.25) is 0 Å². The number of quaternary nitrogens is 1. The number of hydrogen-bond donors (Lipinski definition) is 1. The molecule has 7 heteroatoms. The Morgan fingerprint density at radius 2 is 1.77 bits per heavy atom. The summed E-state index contributed by atoms with van der Waals surface area (Å²) < 4.78 is 1.04. The Labute approximate surface area is 159 Å². The molecule has 1 aromatic rings. The number of piperazine rings is 1. The van der Waals surface area contributed by atoms with E-state index in [1.54, 1.807) is 18.2 Å². The van der Waals surface area contributed by atoms with E-state index in [-0.39, 0.29) is 30.0 Å². The second-order valence-corrected chi connectivity index (χ2v) is 6.74. The van der Waals surface area contributed by atoms with Gasteiger partial charge in [-0.25, -0.2) is 4.79 Å². The molecule has 0 bridgehead atoms. The maximum atomic E-state index is 12.3. The zero-order chi connectivity index (χ0) is 15.5. The smallest absolute Gasteiger partial charge is 0.322 e. The lowest BCUT2D eigenvalue weighted by atomic mass is 10.2. The fourth-order valence-electron chi connectivity index (χ4n) is 2.74. The van der Waals surface area contributed by atoms with E-state index in [2.05, 4.69) is 19.3 Å². The van der Waals surface area contributed by atoms with Crippen molar-refractivity contribution in [1.82, 2.24) is 4.90 Å². The van der Waals surface area contributed by atoms with Crippen LogP contribution >= 0.6 is 23.2 Å². The van der Waals surface area contributed by atoms with Gasteiger partial charge in [0.15, 0.2) is 0 Å². The summed E-state index contributed by atoms with van der Waals surface area (Å²) in [6.45, 7) is 6.91. The van der Waals surface area contributed by atoms with Gasteiger partial charge in [-0.05, 0) is 24.6 Å². The van der Waals surface area contributed by atoms with Crippen LogP contribution in [0.2, 0.25) is 10.0 Å². The molecule has 2 amide bonds. The van der Waals surface area contributed by atoms with Crippen molar-refractivity contribution in [1.29, 1.82) is 0 Å². The molecule has 0 aliphatic carbocycles. The molecule has 0 unspecified atom stereocenters. The van der Waals surface area contributed by atoms with Gasteiger partial charge in [0.05, 0.1) is 39.8 Å². The Morgan fingerprint density at radius 3 is 2.27 bits per heavy atom. The first-order chi connectivity index (χ1) is 9.92. The molecule has 1 aromatic carbocycles. The van der Waals surface area contributed by atoms with Gasteiger partial charge in [-0.1, -0.05) is 30.1 Å². The maximum absolute atomic E-state index is 12.3. The first kappa shape index (κ1) is 19.8. The van der Waals surface area contributed by atoms with E-state index in [4.69, 9.17) is 23.2 Å². The quantitative estimate of drug-likeness (QED) is 0.526. The molecule has 1 aliphatic rings. The highest BCUT2D eigenvalue weighted by Gasteiger charge is 2.30. The predicted molar refractivity (Wildman–Crippen MR) is 88.1 cm³/mol. The van der Waals surface area contributed by atoms with Crippen LogP contribution in [0, 0.1) is 0 Å². The molecule has 1 aliphatic heterocycles. The van der Waals surface area contributed by atoms with Crippen molar-refractivity contribution in [2.24, 2.45) is 0 Å². The summed E-state index contributed by atoms with van der Waals surface area (Å²) in [5, 5.41) is 3.90. The van der Waals surface area contributed by atoms with E-state index in [9.17, 15) is 4.79 Å². The number of amides is 2. The van der Waals surface area contributed by atoms with Crippen LogP contribution in [-0.4, -0.2) is 55.2 Å². The van der Waals surface area contributed by atoms with Crippen LogP contribution in [0.1, 0.15) is 13.3 Å². The Kier molecular flexibility index (Phi) is 7.71. The van der Waals surface area contributed by atoms with Crippen molar-refractivity contribution >= 4 is 34.9 Å². The maximum Gasteiger partial charge on any atom is 0.322 e. The third-order valence-electron chi connectivity index (χ3n) is 3.98. The average molecular weight is 458 g/mol. The molecule has 0 saturated carbocycles. The lowest BCUT2D eigenvalue weighted by Crippen LogP contribution is -3.00. The van der Waals surface area contributed by atoms with Gasteiger partial charge in [0.25, 0.3) is 0 Å². The highest BCUT2D eigenvalue weighted by Crippen LogP contribution is 2.23. The molecular formula is C15H22Cl2IN3O. The molecule has 0 radical (unpaired) electrons. The molecule has 1 saturated heterocycles. The number of halogens is 3. The van der Waals surface area contributed by atoms with Crippen LogP contribution < -0.4 is 29.3 Å². The van der Waals surface area contributed by atoms with E-state index in [1.807, 2.05) is 4.90 Å². The summed E-state index contributed by atoms with van der Waals surface area (Å²) in [7, 11) is 2.26. The summed E-state index contributed by atoms with van der Waals surface area (Å²) in [6.07, 6.45) is 1.17. The normalized spacial score (nSPS) is 16.8. The van der Waals surface area contributed by atoms with Gasteiger partial charge in [0, 0.05) is 15.7 Å². The SMILES string of the molecule is CCC[N+]1(C)CCN(C(=O)Nc2cc(Cl)cc(Cl)c2)CC1.[I-]. The number of carbonyl (C=O) groups excluding carboxylic acids is 1. The molecule has 0 aromatic heterocycles. The van der Waals surface area contributed by atoms with Gasteiger partial charge < -0.3 is 38.7 Å². The number of nitrogens with one attached hydrogen (secondary N) is 1. The first-order valence-electron chi connectivity index (χ1n) is 7.27. The van der Waals surface area contributed by atoms with Crippen LogP contribution in [0.25, 0.3) is 0 Å². The van der Waals surface area contributed by atoms with E-state index in [0.29, 0.717) is 15.7 Å². The molecule has 0 atom stereocenters. The van der Waals surface area contributed by atoms with Crippen LogP contribution in [0.15, 0.2) is 18.2 Å². The van der Waals surface area contributed by atoms with Crippen LogP contribution in [-0.2, 0) is 0 Å². The third kappa shape index (κ3) is 5.44. The number of urea groups is 1. The Morgan fingerprint density at radius 1 is 1.23 bits per heavy atom. The minimum Gasteiger partial charge on any atom is -1.00 e. The zero-order valence-corrected chi connectivity index (χ0v) is 16.6. The molecule has 4 nitrogen and oxygen atoms in total. The molecule has 1 fully saturated rings. The lowest BCUT2D eigenvalue weighted by Gasteiger charge is -2.41. The van der Waals surface area contributed by atoms with E-state index >= 15 is 0 Å². The molecule has 0 spiro atoms. The molecule has 22 heavy (non-hydrogen) atoms. The van der Waals surface area contributed by atoms with Gasteiger partial charge in [-0.2, -0.15) is 0 Å². The molecule has 2 rings (SSSR count). The fourth-order valence-corrected chi connectivity index (χ4v) is 3.27. The number of anilines is 1. The number of rotatable bonds is 3. The summed E-state index contributed by atoms with van der Waals surface area (Å²) in [6, 6.07) is 4.96. The van der Waals surface area contributed by atoms with Gasteiger partial charge in [0.1, 0.15) is 0 Å². The Bertz CT molecular complexity index is 499. The summed E-state index contributed by atoms with van der Waals surface area (Å²) in [5.41, 5.74) is 0.633. The third-order valence-corrected chi connectivity index (χ3v) is 4.42. The van der Waals surface area contributed by atoms with Crippen molar-refractivity contribution < 1.29 is 33.3 Å². The van der Waals surface area contributed by atoms with Gasteiger partial charge in [-0.15, -0.1) is 0 Å². The summed E-state index contributed by atoms with van der Waals surface area (Å²) in [4.78, 5) is 14.1. The molecule has 1 heterocycles. The highest BCUT2D eigenvalue weighted by molar-refractivity contribution is 6.35. The van der Waals surface area contributed by atoms with Crippen molar-refractivity contribution in [3.05, 3.63) is 28.2 Å². The Balaban J connectivity index is 0.00000242. The summed E-state index contributed by atoms with van der Waals surface area (Å²) >= 11 is 11.9. The van der Waals surface area contributed by atoms with Crippen molar-refractivity contribution in [3.8, 4) is 0 Å². The van der Waals surface area contributed by atoms with E-state index in [0.717, 1.165) is 30.7 Å². The number of likely N-dealkylation sites (N-methyl/N-ethyl adjacent to an activating group) is 1. The topological polar surface area (TPSA) is 32.3 Å². The van der Waals surface area contributed by atoms with Crippen molar-refractivity contribution in [2.75, 3.05) is 45.1 Å². The molecule has 1 N–H and O–H groups in total. The fraction of sp³-hybridized carbons (Fsp3) is 0.533. The van der Waals surface area contributed by atoms with Crippen LogP contribution in [0.3, 0.4) is 0 Å². The lowest BCUT2D eigenvalue weighted by molar-refractivity contribution is -0.913. The first-order valence-corrected chi connectivity index (χ1v) is 8.03. The highest BCUT2D eigenvalue weighted by atomic mass is 127. The zero-order valence-electron chi connectivity index (χ0n) is 12.9. The minimum absolute atomic E-state index is 0. The largest absolute Gasteiger partial charge is 1.00 e.